The second-order valence-electron chi connectivity index (χ2n) is 7.64. The Balaban J connectivity index is 1.57. The average molecular weight is 435 g/mol. The topological polar surface area (TPSA) is 75.7 Å². The Morgan fingerprint density at radius 2 is 1.93 bits per heavy atom. The Morgan fingerprint density at radius 3 is 2.63 bits per heavy atom. The van der Waals surface area contributed by atoms with E-state index in [-0.39, 0.29) is 23.4 Å². The van der Waals surface area contributed by atoms with E-state index in [4.69, 9.17) is 4.74 Å². The van der Waals surface area contributed by atoms with Crippen molar-refractivity contribution < 1.29 is 22.3 Å². The number of halogens is 1. The second-order valence-corrected chi connectivity index (χ2v) is 9.58. The van der Waals surface area contributed by atoms with E-state index < -0.39 is 21.8 Å². The molecule has 1 N–H and O–H groups in total. The number of amides is 1. The number of nitrogens with one attached hydrogen (secondary N) is 1. The van der Waals surface area contributed by atoms with E-state index in [2.05, 4.69) is 5.32 Å². The van der Waals surface area contributed by atoms with Gasteiger partial charge in [0.15, 0.2) is 0 Å². The number of para-hydroxylation sites is 1. The van der Waals surface area contributed by atoms with E-state index >= 15 is 0 Å². The number of rotatable bonds is 7. The first-order chi connectivity index (χ1) is 14.3. The van der Waals surface area contributed by atoms with Gasteiger partial charge in [-0.05, 0) is 62.6 Å². The van der Waals surface area contributed by atoms with Crippen molar-refractivity contribution in [2.75, 3.05) is 19.7 Å². The van der Waals surface area contributed by atoms with Gasteiger partial charge in [0.05, 0.1) is 16.9 Å². The third-order valence-electron chi connectivity index (χ3n) is 5.18. The fourth-order valence-corrected chi connectivity index (χ4v) is 4.99. The SMILES string of the molecule is Cc1ccccc1OC[C@@H](C)NC(=O)[C@H]1CCCN(S(=O)(=O)c2ccc(F)cc2)C1. The molecule has 0 aromatic heterocycles. The lowest BCUT2D eigenvalue weighted by atomic mass is 9.98. The van der Waals surface area contributed by atoms with Crippen LogP contribution in [0.15, 0.2) is 53.4 Å². The molecule has 3 rings (SSSR count). The molecule has 8 heteroatoms. The number of hydrogen-bond acceptors (Lipinski definition) is 4. The number of hydrogen-bond donors (Lipinski definition) is 1. The molecule has 1 aliphatic heterocycles. The van der Waals surface area contributed by atoms with Crippen molar-refractivity contribution in [3.8, 4) is 5.75 Å². The molecule has 2 aromatic rings. The molecular formula is C22H27FN2O4S. The van der Waals surface area contributed by atoms with Gasteiger partial charge in [-0.1, -0.05) is 18.2 Å². The van der Waals surface area contributed by atoms with Gasteiger partial charge >= 0.3 is 0 Å². The van der Waals surface area contributed by atoms with Crippen LogP contribution in [0.4, 0.5) is 4.39 Å². The number of ether oxygens (including phenoxy) is 1. The van der Waals surface area contributed by atoms with Crippen LogP contribution in [0.3, 0.4) is 0 Å². The number of nitrogens with zero attached hydrogens (tertiary/aromatic N) is 1. The minimum Gasteiger partial charge on any atom is -0.491 e. The van der Waals surface area contributed by atoms with Crippen molar-refractivity contribution >= 4 is 15.9 Å². The van der Waals surface area contributed by atoms with Crippen molar-refractivity contribution in [1.82, 2.24) is 9.62 Å². The number of benzene rings is 2. The lowest BCUT2D eigenvalue weighted by Crippen LogP contribution is -2.48. The Morgan fingerprint density at radius 1 is 1.23 bits per heavy atom. The third-order valence-corrected chi connectivity index (χ3v) is 7.06. The second kappa shape index (κ2) is 9.57. The predicted octanol–water partition coefficient (Wildman–Crippen LogP) is 3.12. The molecule has 1 heterocycles. The van der Waals surface area contributed by atoms with E-state index in [0.29, 0.717) is 26.0 Å². The summed E-state index contributed by atoms with van der Waals surface area (Å²) in [5.74, 6) is -0.343. The molecule has 1 saturated heterocycles. The predicted molar refractivity (Wildman–Crippen MR) is 112 cm³/mol. The largest absolute Gasteiger partial charge is 0.491 e. The summed E-state index contributed by atoms with van der Waals surface area (Å²) in [4.78, 5) is 12.7. The van der Waals surface area contributed by atoms with Gasteiger partial charge in [-0.15, -0.1) is 0 Å². The molecule has 0 spiro atoms. The molecule has 30 heavy (non-hydrogen) atoms. The van der Waals surface area contributed by atoms with Crippen LogP contribution >= 0.6 is 0 Å². The minimum absolute atomic E-state index is 0.0324. The van der Waals surface area contributed by atoms with E-state index in [1.54, 1.807) is 0 Å². The molecule has 0 radical (unpaired) electrons. The summed E-state index contributed by atoms with van der Waals surface area (Å²) in [5, 5.41) is 2.92. The average Bonchev–Trinajstić information content (AvgIpc) is 2.73. The molecule has 0 saturated carbocycles. The number of carbonyl (C=O) groups is 1. The first kappa shape index (κ1) is 22.2. The van der Waals surface area contributed by atoms with Gasteiger partial charge in [-0.25, -0.2) is 12.8 Å². The number of piperidine rings is 1. The minimum atomic E-state index is -3.76. The van der Waals surface area contributed by atoms with E-state index in [1.165, 1.54) is 16.4 Å². The van der Waals surface area contributed by atoms with Crippen LogP contribution in [0.25, 0.3) is 0 Å². The Kier molecular flexibility index (Phi) is 7.10. The van der Waals surface area contributed by atoms with Crippen molar-refractivity contribution in [3.63, 3.8) is 0 Å². The van der Waals surface area contributed by atoms with Crippen LogP contribution in [0.2, 0.25) is 0 Å². The first-order valence-electron chi connectivity index (χ1n) is 10.0. The molecule has 1 fully saturated rings. The van der Waals surface area contributed by atoms with Crippen molar-refractivity contribution in [2.45, 2.75) is 37.6 Å². The summed E-state index contributed by atoms with van der Waals surface area (Å²) in [6.45, 7) is 4.58. The molecule has 2 aromatic carbocycles. The molecule has 0 aliphatic carbocycles. The smallest absolute Gasteiger partial charge is 0.243 e. The van der Waals surface area contributed by atoms with Crippen molar-refractivity contribution in [3.05, 3.63) is 59.9 Å². The summed E-state index contributed by atoms with van der Waals surface area (Å²) < 4.78 is 45.9. The van der Waals surface area contributed by atoms with Crippen LogP contribution in [-0.4, -0.2) is 44.4 Å². The maximum Gasteiger partial charge on any atom is 0.243 e. The van der Waals surface area contributed by atoms with Gasteiger partial charge in [-0.3, -0.25) is 4.79 Å². The maximum atomic E-state index is 13.1. The molecule has 0 unspecified atom stereocenters. The van der Waals surface area contributed by atoms with Gasteiger partial charge in [0.2, 0.25) is 15.9 Å². The van der Waals surface area contributed by atoms with Crippen LogP contribution < -0.4 is 10.1 Å². The van der Waals surface area contributed by atoms with Crippen LogP contribution in [0, 0.1) is 18.7 Å². The molecule has 1 aliphatic rings. The zero-order valence-electron chi connectivity index (χ0n) is 17.2. The fraction of sp³-hybridized carbons (Fsp3) is 0.409. The summed E-state index contributed by atoms with van der Waals surface area (Å²) in [6.07, 6.45) is 1.21. The summed E-state index contributed by atoms with van der Waals surface area (Å²) in [5.41, 5.74) is 1.02. The fourth-order valence-electron chi connectivity index (χ4n) is 3.47. The highest BCUT2D eigenvalue weighted by atomic mass is 32.2. The molecule has 6 nitrogen and oxygen atoms in total. The Hall–Kier alpha value is -2.45. The third kappa shape index (κ3) is 5.37. The van der Waals surface area contributed by atoms with Gasteiger partial charge < -0.3 is 10.1 Å². The number of carbonyl (C=O) groups excluding carboxylic acids is 1. The first-order valence-corrected chi connectivity index (χ1v) is 11.5. The van der Waals surface area contributed by atoms with E-state index in [1.807, 2.05) is 38.1 Å². The lowest BCUT2D eigenvalue weighted by Gasteiger charge is -2.31. The van der Waals surface area contributed by atoms with Gasteiger partial charge in [-0.2, -0.15) is 4.31 Å². The van der Waals surface area contributed by atoms with Gasteiger partial charge in [0, 0.05) is 13.1 Å². The molecule has 2 atom stereocenters. The van der Waals surface area contributed by atoms with Gasteiger partial charge in [0.1, 0.15) is 18.2 Å². The van der Waals surface area contributed by atoms with E-state index in [9.17, 15) is 17.6 Å². The molecule has 1 amide bonds. The van der Waals surface area contributed by atoms with Crippen LogP contribution in [0.5, 0.6) is 5.75 Å². The molecule has 0 bridgehead atoms. The molecule has 162 valence electrons. The maximum absolute atomic E-state index is 13.1. The van der Waals surface area contributed by atoms with Crippen molar-refractivity contribution in [2.24, 2.45) is 5.92 Å². The highest BCUT2D eigenvalue weighted by molar-refractivity contribution is 7.89. The Bertz CT molecular complexity index is 979. The summed E-state index contributed by atoms with van der Waals surface area (Å²) in [7, 11) is -3.76. The molecular weight excluding hydrogens is 407 g/mol. The number of aryl methyl sites for hydroxylation is 1. The monoisotopic (exact) mass is 434 g/mol. The summed E-state index contributed by atoms with van der Waals surface area (Å²) >= 11 is 0. The van der Waals surface area contributed by atoms with Crippen LogP contribution in [0.1, 0.15) is 25.3 Å². The quantitative estimate of drug-likeness (QED) is 0.727. The lowest BCUT2D eigenvalue weighted by molar-refractivity contribution is -0.126. The highest BCUT2D eigenvalue weighted by Crippen LogP contribution is 2.24. The normalized spacial score (nSPS) is 18.6. The Labute approximate surface area is 177 Å². The zero-order chi connectivity index (χ0) is 21.7. The highest BCUT2D eigenvalue weighted by Gasteiger charge is 2.33. The standard InChI is InChI=1S/C22H27FN2O4S/c1-16-6-3-4-8-21(16)29-15-17(2)24-22(26)18-7-5-13-25(14-18)30(27,28)20-11-9-19(23)10-12-20/h3-4,6,8-12,17-18H,5,7,13-15H2,1-2H3,(H,24,26)/t17-,18+/m1/s1. The summed E-state index contributed by atoms with van der Waals surface area (Å²) in [6, 6.07) is 12.2. The number of sulfonamides is 1. The van der Waals surface area contributed by atoms with Crippen molar-refractivity contribution in [1.29, 1.82) is 0 Å². The zero-order valence-corrected chi connectivity index (χ0v) is 18.0. The van der Waals surface area contributed by atoms with E-state index in [0.717, 1.165) is 23.4 Å². The van der Waals surface area contributed by atoms with Crippen LogP contribution in [-0.2, 0) is 14.8 Å². The van der Waals surface area contributed by atoms with Gasteiger partial charge in [0.25, 0.3) is 0 Å².